The summed E-state index contributed by atoms with van der Waals surface area (Å²) < 4.78 is 4.63. The quantitative estimate of drug-likeness (QED) is 0.694. The van der Waals surface area contributed by atoms with E-state index in [0.717, 1.165) is 0 Å². The molecule has 0 atom stereocenters. The Morgan fingerprint density at radius 2 is 1.87 bits per heavy atom. The van der Waals surface area contributed by atoms with Crippen molar-refractivity contribution in [1.29, 1.82) is 0 Å². The van der Waals surface area contributed by atoms with Crippen LogP contribution in [0.2, 0.25) is 0 Å². The number of hydrogen-bond donors (Lipinski definition) is 3. The number of carbonyl (C=O) groups excluding carboxylic acids is 3. The van der Waals surface area contributed by atoms with Crippen LogP contribution >= 0.6 is 0 Å². The van der Waals surface area contributed by atoms with Crippen LogP contribution in [-0.4, -0.2) is 38.1 Å². The molecule has 1 rings (SSSR count). The van der Waals surface area contributed by atoms with Crippen LogP contribution in [0.4, 0.5) is 10.5 Å². The highest BCUT2D eigenvalue weighted by Gasteiger charge is 2.10. The standard InChI is InChI=1S/C16H23N3O4/c1-10(2)8-17-14(20)9-18-16(22)19-13-6-5-12(7-11(13)3)15(21)23-4/h5-7,10H,8-9H2,1-4H3,(H,17,20)(H2,18,19,22). The Kier molecular flexibility index (Phi) is 7.05. The summed E-state index contributed by atoms with van der Waals surface area (Å²) in [5, 5.41) is 7.82. The molecule has 0 fully saturated rings. The topological polar surface area (TPSA) is 96.5 Å². The van der Waals surface area contributed by atoms with Crippen molar-refractivity contribution in [2.45, 2.75) is 20.8 Å². The first-order valence-corrected chi connectivity index (χ1v) is 7.34. The van der Waals surface area contributed by atoms with E-state index in [2.05, 4.69) is 20.7 Å². The van der Waals surface area contributed by atoms with Crippen molar-refractivity contribution in [2.75, 3.05) is 25.5 Å². The molecule has 0 unspecified atom stereocenters. The van der Waals surface area contributed by atoms with Gasteiger partial charge in [0.05, 0.1) is 19.2 Å². The molecule has 0 aromatic heterocycles. The monoisotopic (exact) mass is 321 g/mol. The van der Waals surface area contributed by atoms with Gasteiger partial charge in [-0.05, 0) is 36.6 Å². The molecule has 0 saturated heterocycles. The second-order valence-corrected chi connectivity index (χ2v) is 5.53. The van der Waals surface area contributed by atoms with Crippen LogP contribution in [0.3, 0.4) is 0 Å². The lowest BCUT2D eigenvalue weighted by atomic mass is 10.1. The van der Waals surface area contributed by atoms with Gasteiger partial charge in [-0.3, -0.25) is 4.79 Å². The highest BCUT2D eigenvalue weighted by atomic mass is 16.5. The Morgan fingerprint density at radius 1 is 1.17 bits per heavy atom. The average Bonchev–Trinajstić information content (AvgIpc) is 2.52. The molecule has 1 aromatic rings. The highest BCUT2D eigenvalue weighted by Crippen LogP contribution is 2.16. The van der Waals surface area contributed by atoms with E-state index in [0.29, 0.717) is 29.3 Å². The van der Waals surface area contributed by atoms with Crippen molar-refractivity contribution in [3.63, 3.8) is 0 Å². The van der Waals surface area contributed by atoms with Crippen LogP contribution in [0.5, 0.6) is 0 Å². The molecule has 23 heavy (non-hydrogen) atoms. The van der Waals surface area contributed by atoms with Gasteiger partial charge in [-0.25, -0.2) is 9.59 Å². The molecule has 0 aliphatic rings. The predicted molar refractivity (Wildman–Crippen MR) is 87.4 cm³/mol. The smallest absolute Gasteiger partial charge is 0.337 e. The molecule has 0 aliphatic carbocycles. The SMILES string of the molecule is COC(=O)c1ccc(NC(=O)NCC(=O)NCC(C)C)c(C)c1. The maximum Gasteiger partial charge on any atom is 0.337 e. The molecule has 7 heteroatoms. The third-order valence-corrected chi connectivity index (χ3v) is 3.01. The van der Waals surface area contributed by atoms with E-state index < -0.39 is 12.0 Å². The van der Waals surface area contributed by atoms with Crippen molar-refractivity contribution in [3.05, 3.63) is 29.3 Å². The molecular formula is C16H23N3O4. The van der Waals surface area contributed by atoms with Gasteiger partial charge in [0.15, 0.2) is 0 Å². The summed E-state index contributed by atoms with van der Waals surface area (Å²) in [6, 6.07) is 4.30. The largest absolute Gasteiger partial charge is 0.465 e. The molecule has 1 aromatic carbocycles. The Hall–Kier alpha value is -2.57. The van der Waals surface area contributed by atoms with Crippen molar-refractivity contribution in [3.8, 4) is 0 Å². The van der Waals surface area contributed by atoms with Gasteiger partial charge in [0, 0.05) is 12.2 Å². The maximum absolute atomic E-state index is 11.8. The zero-order valence-corrected chi connectivity index (χ0v) is 13.9. The van der Waals surface area contributed by atoms with Gasteiger partial charge in [-0.1, -0.05) is 13.8 Å². The number of esters is 1. The lowest BCUT2D eigenvalue weighted by Crippen LogP contribution is -2.40. The summed E-state index contributed by atoms with van der Waals surface area (Å²) in [6.45, 7) is 6.20. The summed E-state index contributed by atoms with van der Waals surface area (Å²) in [4.78, 5) is 34.7. The third kappa shape index (κ3) is 6.37. The maximum atomic E-state index is 11.8. The fourth-order valence-electron chi connectivity index (χ4n) is 1.76. The number of rotatable bonds is 6. The molecule has 7 nitrogen and oxygen atoms in total. The molecule has 0 radical (unpaired) electrons. The second kappa shape index (κ2) is 8.77. The zero-order valence-electron chi connectivity index (χ0n) is 13.9. The van der Waals surface area contributed by atoms with Crippen molar-refractivity contribution in [2.24, 2.45) is 5.92 Å². The van der Waals surface area contributed by atoms with Gasteiger partial charge in [0.1, 0.15) is 0 Å². The van der Waals surface area contributed by atoms with E-state index in [1.54, 1.807) is 25.1 Å². The van der Waals surface area contributed by atoms with E-state index >= 15 is 0 Å². The van der Waals surface area contributed by atoms with Gasteiger partial charge in [0.2, 0.25) is 5.91 Å². The summed E-state index contributed by atoms with van der Waals surface area (Å²) in [5.74, 6) is -0.332. The number of benzene rings is 1. The summed E-state index contributed by atoms with van der Waals surface area (Å²) >= 11 is 0. The Bertz CT molecular complexity index is 585. The first-order chi connectivity index (χ1) is 10.8. The number of methoxy groups -OCH3 is 1. The molecular weight excluding hydrogens is 298 g/mol. The Morgan fingerprint density at radius 3 is 2.43 bits per heavy atom. The minimum atomic E-state index is -0.487. The number of aryl methyl sites for hydroxylation is 1. The van der Waals surface area contributed by atoms with Crippen molar-refractivity contribution in [1.82, 2.24) is 10.6 Å². The summed E-state index contributed by atoms with van der Waals surface area (Å²) in [7, 11) is 1.31. The minimum Gasteiger partial charge on any atom is -0.465 e. The normalized spacial score (nSPS) is 10.1. The number of carbonyl (C=O) groups is 3. The lowest BCUT2D eigenvalue weighted by Gasteiger charge is -2.11. The molecule has 0 heterocycles. The van der Waals surface area contributed by atoms with E-state index in [1.165, 1.54) is 7.11 Å². The molecule has 0 bridgehead atoms. The number of hydrogen-bond acceptors (Lipinski definition) is 4. The first kappa shape index (κ1) is 18.5. The average molecular weight is 321 g/mol. The van der Waals surface area contributed by atoms with E-state index in [-0.39, 0.29) is 12.5 Å². The molecule has 3 amide bonds. The van der Waals surface area contributed by atoms with Gasteiger partial charge in [-0.15, -0.1) is 0 Å². The highest BCUT2D eigenvalue weighted by molar-refractivity contribution is 5.94. The van der Waals surface area contributed by atoms with Crippen LogP contribution in [0.25, 0.3) is 0 Å². The third-order valence-electron chi connectivity index (χ3n) is 3.01. The van der Waals surface area contributed by atoms with Crippen LogP contribution in [-0.2, 0) is 9.53 Å². The molecule has 3 N–H and O–H groups in total. The van der Waals surface area contributed by atoms with Gasteiger partial charge < -0.3 is 20.7 Å². The number of amides is 3. The minimum absolute atomic E-state index is 0.0994. The van der Waals surface area contributed by atoms with Crippen LogP contribution in [0, 0.1) is 12.8 Å². The lowest BCUT2D eigenvalue weighted by molar-refractivity contribution is -0.120. The molecule has 0 spiro atoms. The Labute approximate surface area is 135 Å². The number of anilines is 1. The van der Waals surface area contributed by atoms with E-state index in [1.807, 2.05) is 13.8 Å². The van der Waals surface area contributed by atoms with Gasteiger partial charge >= 0.3 is 12.0 Å². The summed E-state index contributed by atoms with van der Waals surface area (Å²) in [6.07, 6.45) is 0. The van der Waals surface area contributed by atoms with Gasteiger partial charge in [-0.2, -0.15) is 0 Å². The molecule has 126 valence electrons. The van der Waals surface area contributed by atoms with E-state index in [9.17, 15) is 14.4 Å². The number of nitrogens with one attached hydrogen (secondary N) is 3. The second-order valence-electron chi connectivity index (χ2n) is 5.53. The Balaban J connectivity index is 2.51. The fourth-order valence-corrected chi connectivity index (χ4v) is 1.76. The molecule has 0 saturated carbocycles. The predicted octanol–water partition coefficient (Wildman–Crippen LogP) is 1.68. The van der Waals surface area contributed by atoms with Crippen LogP contribution < -0.4 is 16.0 Å². The number of ether oxygens (including phenoxy) is 1. The zero-order chi connectivity index (χ0) is 17.4. The molecule has 0 aliphatic heterocycles. The first-order valence-electron chi connectivity index (χ1n) is 7.34. The van der Waals surface area contributed by atoms with Crippen molar-refractivity contribution >= 4 is 23.6 Å². The van der Waals surface area contributed by atoms with Gasteiger partial charge in [0.25, 0.3) is 0 Å². The summed E-state index contributed by atoms with van der Waals surface area (Å²) in [5.41, 5.74) is 1.68. The van der Waals surface area contributed by atoms with E-state index in [4.69, 9.17) is 0 Å². The van der Waals surface area contributed by atoms with Crippen LogP contribution in [0.15, 0.2) is 18.2 Å². The van der Waals surface area contributed by atoms with Crippen molar-refractivity contribution < 1.29 is 19.1 Å². The van der Waals surface area contributed by atoms with Crippen LogP contribution in [0.1, 0.15) is 29.8 Å². The number of urea groups is 1. The fraction of sp³-hybridized carbons (Fsp3) is 0.438.